The minimum absolute atomic E-state index is 0.111. The van der Waals surface area contributed by atoms with Crippen molar-refractivity contribution >= 4 is 100 Å². The van der Waals surface area contributed by atoms with Gasteiger partial charge in [-0.3, -0.25) is 49.1 Å². The molecular formula is C87H84F3N9O12S3. The van der Waals surface area contributed by atoms with E-state index in [2.05, 4.69) is 55.1 Å². The van der Waals surface area contributed by atoms with Crippen molar-refractivity contribution in [2.24, 2.45) is 23.5 Å². The molecule has 1 aliphatic heterocycles. The summed E-state index contributed by atoms with van der Waals surface area (Å²) in [6.45, 7) is 8.18. The third kappa shape index (κ3) is 24.3. The van der Waals surface area contributed by atoms with Gasteiger partial charge in [0.2, 0.25) is 5.91 Å². The fraction of sp³-hybridized carbons (Fsp3) is 0.310. The monoisotopic (exact) mass is 1600 g/mol. The van der Waals surface area contributed by atoms with Crippen LogP contribution in [0.1, 0.15) is 125 Å². The zero-order valence-corrected chi connectivity index (χ0v) is 65.6. The molecule has 0 bridgehead atoms. The van der Waals surface area contributed by atoms with Gasteiger partial charge in [-0.05, 0) is 195 Å². The number of aromatic nitrogens is 6. The average Bonchev–Trinajstić information content (AvgIpc) is 1.65. The Morgan fingerprint density at radius 1 is 0.491 bits per heavy atom. The van der Waals surface area contributed by atoms with Crippen LogP contribution in [0.3, 0.4) is 0 Å². The summed E-state index contributed by atoms with van der Waals surface area (Å²) in [5.41, 5.74) is 13.9. The molecule has 0 unspecified atom stereocenters. The van der Waals surface area contributed by atoms with Crippen LogP contribution >= 0.6 is 34.0 Å². The Morgan fingerprint density at radius 2 is 0.860 bits per heavy atom. The fourth-order valence-electron chi connectivity index (χ4n) is 12.2. The van der Waals surface area contributed by atoms with Crippen molar-refractivity contribution in [3.63, 3.8) is 0 Å². The number of hydrogen-bond acceptors (Lipinski definition) is 23. The highest BCUT2D eigenvalue weighted by atomic mass is 32.1. The molecule has 10 heterocycles. The lowest BCUT2D eigenvalue weighted by molar-refractivity contribution is -0.193. The number of carbonyl (C=O) groups is 4. The second-order valence-corrected chi connectivity index (χ2v) is 31.0. The molecule has 1 saturated heterocycles. The van der Waals surface area contributed by atoms with E-state index in [4.69, 9.17) is 43.9 Å². The Bertz CT molecular complexity index is 5360. The van der Waals surface area contributed by atoms with Gasteiger partial charge in [0.05, 0.1) is 75.7 Å². The predicted molar refractivity (Wildman–Crippen MR) is 429 cm³/mol. The largest absolute Gasteiger partial charge is 0.495 e. The number of ketones is 3. The first-order valence-electron chi connectivity index (χ1n) is 37.6. The van der Waals surface area contributed by atoms with Crippen LogP contribution in [0.4, 0.5) is 13.2 Å². The Labute approximate surface area is 668 Å². The second kappa shape index (κ2) is 41.4. The normalized spacial score (nSPS) is 13.3. The molecule has 588 valence electrons. The molecule has 12 aromatic rings. The molecule has 114 heavy (non-hydrogen) atoms. The summed E-state index contributed by atoms with van der Waals surface area (Å²) in [5.74, 6) is 3.46. The smallest absolute Gasteiger partial charge is 0.373 e. The number of benzene rings is 3. The minimum Gasteiger partial charge on any atom is -0.495 e. The van der Waals surface area contributed by atoms with E-state index < -0.39 is 17.5 Å². The third-order valence-electron chi connectivity index (χ3n) is 18.6. The fourth-order valence-corrected chi connectivity index (χ4v) is 15.4. The van der Waals surface area contributed by atoms with Gasteiger partial charge >= 0.3 is 12.3 Å². The summed E-state index contributed by atoms with van der Waals surface area (Å²) in [6.07, 6.45) is 23.9. The summed E-state index contributed by atoms with van der Waals surface area (Å²) in [5, 5.41) is 3.38. The summed E-state index contributed by atoms with van der Waals surface area (Å²) < 4.78 is 69.8. The van der Waals surface area contributed by atoms with Gasteiger partial charge in [0, 0.05) is 114 Å². The molecule has 3 saturated carbocycles. The lowest BCUT2D eigenvalue weighted by Crippen LogP contribution is -2.23. The van der Waals surface area contributed by atoms with Crippen molar-refractivity contribution in [1.82, 2.24) is 40.1 Å². The molecule has 21 nitrogen and oxygen atoms in total. The van der Waals surface area contributed by atoms with Gasteiger partial charge in [-0.2, -0.15) is 19.2 Å². The summed E-state index contributed by atoms with van der Waals surface area (Å²) >= 11 is 4.48. The first-order valence-corrected chi connectivity index (χ1v) is 40.1. The number of Topliss-reactive ketones (excluding diaryl/α,β-unsaturated/α-hetero) is 3. The van der Waals surface area contributed by atoms with Gasteiger partial charge in [0.15, 0.2) is 34.7 Å². The van der Waals surface area contributed by atoms with Crippen LogP contribution in [0.25, 0.3) is 62.4 Å². The number of pyridine rings is 6. The van der Waals surface area contributed by atoms with E-state index in [0.717, 1.165) is 157 Å². The first-order chi connectivity index (χ1) is 55.4. The molecule has 4 aliphatic rings. The van der Waals surface area contributed by atoms with E-state index in [-0.39, 0.29) is 72.1 Å². The van der Waals surface area contributed by atoms with Gasteiger partial charge in [0.25, 0.3) is 0 Å². The number of methoxy groups -OCH3 is 1. The second-order valence-electron chi connectivity index (χ2n) is 27.8. The molecule has 0 atom stereocenters. The maximum Gasteiger partial charge on any atom is 0.373 e. The molecule has 16 rings (SSSR count). The molecule has 0 spiro atoms. The quantitative estimate of drug-likeness (QED) is 0.0412. The van der Waals surface area contributed by atoms with E-state index in [1.165, 1.54) is 52.2 Å². The van der Waals surface area contributed by atoms with Crippen LogP contribution in [0.15, 0.2) is 165 Å². The summed E-state index contributed by atoms with van der Waals surface area (Å²) in [6, 6.07) is 37.0. The van der Waals surface area contributed by atoms with Crippen LogP contribution in [0.2, 0.25) is 0 Å². The highest BCUT2D eigenvalue weighted by Gasteiger charge is 2.28. The standard InChI is InChI=1S/C29H26FN3O3S.C28H28FN3O2S.C25H21FN2O3S.C3H9N.2CO2/c30-22-14-19(13-21(34)12-18-3-4-18)6-8-25(22)36-26-9-10-31-24-15-27(37-29(24)26)23-7-5-20(16-32-23)17-33-11-1-2-28(33)35;1-2-10-30-16-20-5-7-23(32-17-20)27-15-24-28(35-27)26(9-11-31-24)34-25-8-6-19(14-22(25)29)13-21(33)12-18-3-4-18;1-30-18-5-6-20(28-14-18)24-13-21-25(32-24)23(8-9-27-21)31-22-7-4-16(12-19(22)26)11-17(29)10-15-2-3-15;1-2-3-4;2*2-1-3/h5-10,14-16,18H,1-4,11-13,17H2;5-9,11,14-15,17-18,30H,2-4,10,12-13,16H2,1H3;4-9,12-15H,2-3,10-11H2,1H3;2-4H2,1H3;;. The van der Waals surface area contributed by atoms with E-state index in [1.807, 2.05) is 65.8 Å². The van der Waals surface area contributed by atoms with E-state index in [0.29, 0.717) is 89.7 Å². The number of fused-ring (bicyclic) bond motifs is 3. The highest BCUT2D eigenvalue weighted by Crippen LogP contribution is 2.44. The van der Waals surface area contributed by atoms with Gasteiger partial charge < -0.3 is 34.9 Å². The summed E-state index contributed by atoms with van der Waals surface area (Å²) in [7, 11) is 1.60. The molecule has 9 aromatic heterocycles. The molecule has 3 aliphatic carbocycles. The lowest BCUT2D eigenvalue weighted by Gasteiger charge is -2.15. The van der Waals surface area contributed by atoms with Crippen LogP contribution in [0.5, 0.6) is 40.2 Å². The van der Waals surface area contributed by atoms with Crippen molar-refractivity contribution in [3.05, 3.63) is 210 Å². The maximum atomic E-state index is 14.9. The first kappa shape index (κ1) is 83.5. The molecule has 3 aromatic carbocycles. The number of nitrogens with one attached hydrogen (secondary N) is 1. The van der Waals surface area contributed by atoms with Gasteiger partial charge in [-0.15, -0.1) is 34.0 Å². The molecule has 27 heteroatoms. The molecular weight excluding hydrogens is 1520 g/mol. The van der Waals surface area contributed by atoms with Crippen molar-refractivity contribution in [2.75, 3.05) is 26.7 Å². The van der Waals surface area contributed by atoms with Gasteiger partial charge in [-0.25, -0.2) is 13.2 Å². The van der Waals surface area contributed by atoms with Gasteiger partial charge in [-0.1, -0.05) is 44.2 Å². The number of amides is 1. The van der Waals surface area contributed by atoms with E-state index >= 15 is 0 Å². The number of thiophene rings is 3. The number of rotatable bonds is 29. The molecule has 0 radical (unpaired) electrons. The van der Waals surface area contributed by atoms with E-state index in [9.17, 15) is 32.3 Å². The number of halogens is 3. The number of nitrogens with zero attached hydrogens (tertiary/aromatic N) is 7. The van der Waals surface area contributed by atoms with Crippen molar-refractivity contribution in [1.29, 1.82) is 0 Å². The minimum atomic E-state index is -0.493. The Balaban J connectivity index is 0.000000159. The molecule has 3 N–H and O–H groups in total. The molecule has 1 amide bonds. The van der Waals surface area contributed by atoms with Crippen LogP contribution in [-0.2, 0) is 70.7 Å². The number of nitrogens with two attached hydrogens (primary N) is 1. The average molecular weight is 1600 g/mol. The zero-order chi connectivity index (χ0) is 80.5. The SMILES string of the molecule is CCCN.CCCNCc1ccc(-c2cc3nccc(Oc4ccc(CC(=O)CC5CC5)cc4F)c3s2)nc1.COc1ccc(-c2cc3nccc(Oc4ccc(CC(=O)CC5CC5)cc4F)c3s2)nc1.O=C(Cc1ccc(Oc2ccnc3cc(-c4ccc(CN5CCCC5=O)cn4)sc23)c(F)c1)CC1CC1.O=C=O.O=C=O. The topological polar surface area (TPSA) is 292 Å². The lowest BCUT2D eigenvalue weighted by atomic mass is 10.0. The zero-order valence-electron chi connectivity index (χ0n) is 63.1. The van der Waals surface area contributed by atoms with Crippen molar-refractivity contribution in [2.45, 2.75) is 130 Å². The predicted octanol–water partition coefficient (Wildman–Crippen LogP) is 18.4. The van der Waals surface area contributed by atoms with E-state index in [1.54, 1.807) is 86.5 Å². The third-order valence-corrected chi connectivity index (χ3v) is 22.1. The highest BCUT2D eigenvalue weighted by molar-refractivity contribution is 7.23. The Hall–Kier alpha value is -11.4. The number of likely N-dealkylation sites (tertiary alicyclic amines) is 1. The Kier molecular flexibility index (Phi) is 30.3. The molecule has 4 fully saturated rings. The number of hydrogen-bond donors (Lipinski definition) is 2. The number of ether oxygens (including phenoxy) is 4. The Morgan fingerprint density at radius 3 is 1.17 bits per heavy atom. The van der Waals surface area contributed by atoms with Crippen LogP contribution < -0.4 is 30.0 Å². The van der Waals surface area contributed by atoms with Crippen molar-refractivity contribution in [3.8, 4) is 72.0 Å². The maximum absolute atomic E-state index is 14.9. The summed E-state index contributed by atoms with van der Waals surface area (Å²) in [4.78, 5) is 112. The number of carbonyl (C=O) groups excluding carboxylic acids is 8. The van der Waals surface area contributed by atoms with Crippen LogP contribution in [0, 0.1) is 35.2 Å². The van der Waals surface area contributed by atoms with Crippen LogP contribution in [-0.4, -0.2) is 97.1 Å². The van der Waals surface area contributed by atoms with Gasteiger partial charge in [0.1, 0.15) is 40.3 Å². The van der Waals surface area contributed by atoms with Crippen molar-refractivity contribution < 1.29 is 70.5 Å².